The lowest BCUT2D eigenvalue weighted by molar-refractivity contribution is 0.315. The Morgan fingerprint density at radius 3 is 2.50 bits per heavy atom. The highest BCUT2D eigenvalue weighted by molar-refractivity contribution is 7.70. The SMILES string of the molecule is CN(C)[C@@H]1CCN(c2cnn(-c3ccc(Nc4ncc(Cl)c(Nc5ccccc5P(C)(C)=O)n4)cc3)c2)C1. The van der Waals surface area contributed by atoms with E-state index in [4.69, 9.17) is 11.6 Å². The Morgan fingerprint density at radius 2 is 1.79 bits per heavy atom. The number of benzene rings is 2. The van der Waals surface area contributed by atoms with Crippen LogP contribution in [0, 0.1) is 0 Å². The summed E-state index contributed by atoms with van der Waals surface area (Å²) < 4.78 is 14.6. The summed E-state index contributed by atoms with van der Waals surface area (Å²) in [4.78, 5) is 13.5. The monoisotopic (exact) mass is 550 g/mol. The van der Waals surface area contributed by atoms with Gasteiger partial charge in [0.1, 0.15) is 12.2 Å². The van der Waals surface area contributed by atoms with Crippen LogP contribution in [-0.2, 0) is 4.57 Å². The molecule has 0 radical (unpaired) electrons. The highest BCUT2D eigenvalue weighted by atomic mass is 35.5. The third-order valence-corrected chi connectivity index (χ3v) is 8.52. The van der Waals surface area contributed by atoms with Crippen LogP contribution in [0.1, 0.15) is 6.42 Å². The first-order valence-electron chi connectivity index (χ1n) is 12.4. The summed E-state index contributed by atoms with van der Waals surface area (Å²) in [6.45, 7) is 5.53. The molecule has 2 aromatic heterocycles. The van der Waals surface area contributed by atoms with Gasteiger partial charge in [-0.3, -0.25) is 0 Å². The predicted octanol–water partition coefficient (Wildman–Crippen LogP) is 5.19. The van der Waals surface area contributed by atoms with Crippen LogP contribution in [0.3, 0.4) is 0 Å². The maximum atomic E-state index is 12.7. The molecule has 2 N–H and O–H groups in total. The average Bonchev–Trinajstić information content (AvgIpc) is 3.57. The van der Waals surface area contributed by atoms with Crippen molar-refractivity contribution in [2.45, 2.75) is 12.5 Å². The van der Waals surface area contributed by atoms with Gasteiger partial charge in [0.15, 0.2) is 5.82 Å². The lowest BCUT2D eigenvalue weighted by atomic mass is 10.2. The number of nitrogens with one attached hydrogen (secondary N) is 2. The number of hydrogen-bond acceptors (Lipinski definition) is 8. The zero-order valence-corrected chi connectivity index (χ0v) is 23.6. The van der Waals surface area contributed by atoms with Crippen molar-refractivity contribution in [2.24, 2.45) is 0 Å². The van der Waals surface area contributed by atoms with E-state index in [1.807, 2.05) is 59.4 Å². The number of likely N-dealkylation sites (N-methyl/N-ethyl adjacent to an activating group) is 1. The van der Waals surface area contributed by atoms with Crippen LogP contribution >= 0.6 is 18.7 Å². The number of anilines is 5. The molecule has 3 heterocycles. The zero-order valence-electron chi connectivity index (χ0n) is 22.0. The third-order valence-electron chi connectivity index (χ3n) is 6.70. The van der Waals surface area contributed by atoms with E-state index in [0.29, 0.717) is 28.5 Å². The van der Waals surface area contributed by atoms with Crippen molar-refractivity contribution in [3.8, 4) is 5.69 Å². The molecule has 0 spiro atoms. The molecule has 1 atom stereocenters. The summed E-state index contributed by atoms with van der Waals surface area (Å²) in [5, 5.41) is 12.1. The van der Waals surface area contributed by atoms with Gasteiger partial charge in [-0.2, -0.15) is 10.1 Å². The normalized spacial score (nSPS) is 15.7. The highest BCUT2D eigenvalue weighted by Gasteiger charge is 2.25. The summed E-state index contributed by atoms with van der Waals surface area (Å²) in [6.07, 6.45) is 6.70. The van der Waals surface area contributed by atoms with Crippen LogP contribution in [0.4, 0.5) is 28.8 Å². The number of aromatic nitrogens is 4. The van der Waals surface area contributed by atoms with Gasteiger partial charge in [-0.05, 0) is 70.2 Å². The Kier molecular flexibility index (Phi) is 7.43. The van der Waals surface area contributed by atoms with Crippen molar-refractivity contribution < 1.29 is 4.57 Å². The first-order valence-corrected chi connectivity index (χ1v) is 15.4. The number of para-hydroxylation sites is 1. The van der Waals surface area contributed by atoms with Gasteiger partial charge >= 0.3 is 0 Å². The second-order valence-electron chi connectivity index (χ2n) is 10.1. The minimum Gasteiger partial charge on any atom is -0.367 e. The number of rotatable bonds is 8. The van der Waals surface area contributed by atoms with Gasteiger partial charge in [0.2, 0.25) is 5.95 Å². The summed E-state index contributed by atoms with van der Waals surface area (Å²) in [6, 6.07) is 16.0. The van der Waals surface area contributed by atoms with E-state index in [0.717, 1.165) is 41.9 Å². The summed E-state index contributed by atoms with van der Waals surface area (Å²) in [7, 11) is 1.78. The molecule has 0 bridgehead atoms. The second-order valence-corrected chi connectivity index (χ2v) is 13.6. The van der Waals surface area contributed by atoms with Gasteiger partial charge in [0.25, 0.3) is 0 Å². The van der Waals surface area contributed by atoms with Gasteiger partial charge in [0, 0.05) is 30.1 Å². The Morgan fingerprint density at radius 1 is 1.03 bits per heavy atom. The Labute approximate surface area is 228 Å². The first-order chi connectivity index (χ1) is 18.2. The van der Waals surface area contributed by atoms with Crippen molar-refractivity contribution >= 4 is 52.9 Å². The minimum atomic E-state index is -2.49. The quantitative estimate of drug-likeness (QED) is 0.290. The Bertz CT molecular complexity index is 1470. The van der Waals surface area contributed by atoms with E-state index in [1.165, 1.54) is 6.20 Å². The fourth-order valence-electron chi connectivity index (χ4n) is 4.53. The first kappa shape index (κ1) is 26.2. The smallest absolute Gasteiger partial charge is 0.229 e. The van der Waals surface area contributed by atoms with Crippen LogP contribution in [0.5, 0.6) is 0 Å². The standard InChI is InChI=1S/C27H32ClN8OP/c1-34(2)21-13-14-35(17-21)22-15-30-36(18-22)20-11-9-19(10-12-20)31-27-29-16-23(28)26(33-27)32-24-7-5-6-8-25(24)38(3,4)37/h5-12,15-16,18,21H,13-14,17H2,1-4H3,(H2,29,31,32,33)/t21-/m1/s1. The van der Waals surface area contributed by atoms with Crippen LogP contribution in [0.2, 0.25) is 5.02 Å². The molecule has 2 aromatic carbocycles. The van der Waals surface area contributed by atoms with Crippen molar-refractivity contribution in [1.82, 2.24) is 24.6 Å². The molecule has 1 fully saturated rings. The Hall–Kier alpha value is -3.39. The molecule has 5 rings (SSSR count). The van der Waals surface area contributed by atoms with E-state index in [1.54, 1.807) is 13.3 Å². The van der Waals surface area contributed by atoms with E-state index >= 15 is 0 Å². The van der Waals surface area contributed by atoms with Crippen molar-refractivity contribution in [3.05, 3.63) is 72.1 Å². The topological polar surface area (TPSA) is 91.2 Å². The fraction of sp³-hybridized carbons (Fsp3) is 0.296. The minimum absolute atomic E-state index is 0.368. The molecule has 38 heavy (non-hydrogen) atoms. The lowest BCUT2D eigenvalue weighted by Gasteiger charge is -2.20. The van der Waals surface area contributed by atoms with E-state index in [-0.39, 0.29) is 0 Å². The molecule has 0 saturated carbocycles. The molecular weight excluding hydrogens is 519 g/mol. The van der Waals surface area contributed by atoms with Gasteiger partial charge in [-0.15, -0.1) is 0 Å². The van der Waals surface area contributed by atoms with Crippen LogP contribution in [0.25, 0.3) is 5.69 Å². The lowest BCUT2D eigenvalue weighted by Crippen LogP contribution is -2.31. The molecule has 11 heteroatoms. The Balaban J connectivity index is 1.28. The second kappa shape index (κ2) is 10.8. The molecule has 0 aliphatic carbocycles. The average molecular weight is 551 g/mol. The summed E-state index contributed by atoms with van der Waals surface area (Å²) >= 11 is 6.38. The molecule has 0 amide bonds. The molecule has 1 aliphatic rings. The largest absolute Gasteiger partial charge is 0.367 e. The van der Waals surface area contributed by atoms with Crippen molar-refractivity contribution in [2.75, 3.05) is 56.0 Å². The van der Waals surface area contributed by atoms with Gasteiger partial charge in [-0.25, -0.2) is 9.67 Å². The maximum absolute atomic E-state index is 12.7. The number of nitrogens with zero attached hydrogens (tertiary/aromatic N) is 6. The molecular formula is C27H32ClN8OP. The van der Waals surface area contributed by atoms with Gasteiger partial charge in [0.05, 0.1) is 35.7 Å². The highest BCUT2D eigenvalue weighted by Crippen LogP contribution is 2.38. The summed E-state index contributed by atoms with van der Waals surface area (Å²) in [5.74, 6) is 0.827. The number of hydrogen-bond donors (Lipinski definition) is 2. The van der Waals surface area contributed by atoms with Crippen molar-refractivity contribution in [3.63, 3.8) is 0 Å². The van der Waals surface area contributed by atoms with Gasteiger partial charge in [-0.1, -0.05) is 23.7 Å². The van der Waals surface area contributed by atoms with Gasteiger partial charge < -0.3 is 25.0 Å². The van der Waals surface area contributed by atoms with Crippen LogP contribution in [0.15, 0.2) is 67.1 Å². The molecule has 4 aromatic rings. The third kappa shape index (κ3) is 5.85. The van der Waals surface area contributed by atoms with Crippen LogP contribution < -0.4 is 20.8 Å². The molecule has 198 valence electrons. The molecule has 9 nitrogen and oxygen atoms in total. The molecule has 1 aliphatic heterocycles. The zero-order chi connectivity index (χ0) is 26.9. The number of halogens is 1. The molecule has 1 saturated heterocycles. The fourth-order valence-corrected chi connectivity index (χ4v) is 5.83. The predicted molar refractivity (Wildman–Crippen MR) is 157 cm³/mol. The summed E-state index contributed by atoms with van der Waals surface area (Å²) in [5.41, 5.74) is 3.64. The van der Waals surface area contributed by atoms with E-state index in [2.05, 4.69) is 55.8 Å². The van der Waals surface area contributed by atoms with E-state index in [9.17, 15) is 4.57 Å². The van der Waals surface area contributed by atoms with Crippen molar-refractivity contribution in [1.29, 1.82) is 0 Å². The maximum Gasteiger partial charge on any atom is 0.229 e. The molecule has 0 unspecified atom stereocenters. The van der Waals surface area contributed by atoms with Crippen LogP contribution in [-0.4, -0.2) is 71.2 Å². The van der Waals surface area contributed by atoms with E-state index < -0.39 is 7.14 Å².